The minimum Gasteiger partial charge on any atom is -0.494 e. The molecule has 3 N–H and O–H groups in total. The Hall–Kier alpha value is -4.40. The Labute approximate surface area is 310 Å². The predicted molar refractivity (Wildman–Crippen MR) is 196 cm³/mol. The van der Waals surface area contributed by atoms with E-state index in [2.05, 4.69) is 20.3 Å². The molecule has 1 aromatic heterocycles. The average molecular weight is 754 g/mol. The van der Waals surface area contributed by atoms with E-state index >= 15 is 0 Å². The Morgan fingerprint density at radius 3 is 2.43 bits per heavy atom. The molecule has 1 saturated heterocycles. The van der Waals surface area contributed by atoms with E-state index in [0.717, 1.165) is 18.2 Å². The second-order valence-corrected chi connectivity index (χ2v) is 18.0. The number of nitrogens with zero attached hydrogens (tertiary/aromatic N) is 2. The number of benzene rings is 1. The van der Waals surface area contributed by atoms with Crippen LogP contribution in [0.15, 0.2) is 42.6 Å². The van der Waals surface area contributed by atoms with Crippen molar-refractivity contribution in [2.45, 2.75) is 114 Å². The van der Waals surface area contributed by atoms with E-state index in [9.17, 15) is 27.6 Å². The van der Waals surface area contributed by atoms with Crippen LogP contribution < -0.4 is 24.8 Å². The second kappa shape index (κ2) is 14.8. The molecular weight excluding hydrogens is 703 g/mol. The number of amides is 4. The summed E-state index contributed by atoms with van der Waals surface area (Å²) < 4.78 is 45.4. The number of hydrogen-bond acceptors (Lipinski definition) is 10. The van der Waals surface area contributed by atoms with Gasteiger partial charge >= 0.3 is 6.09 Å². The molecule has 2 aromatic rings. The first-order valence-electron chi connectivity index (χ1n) is 18.5. The van der Waals surface area contributed by atoms with E-state index in [1.807, 2.05) is 50.3 Å². The molecule has 4 amide bonds. The predicted octanol–water partition coefficient (Wildman–Crippen LogP) is 3.98. The van der Waals surface area contributed by atoms with Gasteiger partial charge in [-0.15, -0.1) is 0 Å². The van der Waals surface area contributed by atoms with Crippen molar-refractivity contribution in [2.24, 2.45) is 17.8 Å². The maximum atomic E-state index is 14.7. The van der Waals surface area contributed by atoms with Crippen LogP contribution in [-0.4, -0.2) is 90.3 Å². The van der Waals surface area contributed by atoms with Gasteiger partial charge in [0.1, 0.15) is 35.1 Å². The highest BCUT2D eigenvalue weighted by Crippen LogP contribution is 2.46. The second-order valence-electron chi connectivity index (χ2n) is 16.0. The number of fused-ring (bicyclic) bond motifs is 3. The summed E-state index contributed by atoms with van der Waals surface area (Å²) >= 11 is 0. The molecule has 1 aromatic carbocycles. The third-order valence-electron chi connectivity index (χ3n) is 10.5. The van der Waals surface area contributed by atoms with Crippen LogP contribution in [0, 0.1) is 17.8 Å². The van der Waals surface area contributed by atoms with Crippen molar-refractivity contribution in [1.29, 1.82) is 0 Å². The summed E-state index contributed by atoms with van der Waals surface area (Å²) in [5, 5.41) is 6.51. The minimum atomic E-state index is -3.90. The Balaban J connectivity index is 1.35. The average Bonchev–Trinajstić information content (AvgIpc) is 4.02. The molecule has 15 heteroatoms. The first-order valence-corrected chi connectivity index (χ1v) is 20.0. The molecule has 3 fully saturated rings. The van der Waals surface area contributed by atoms with E-state index in [-0.39, 0.29) is 31.2 Å². The number of rotatable bonds is 7. The van der Waals surface area contributed by atoms with Crippen molar-refractivity contribution in [3.8, 4) is 11.6 Å². The largest absolute Gasteiger partial charge is 0.494 e. The SMILES string of the molecule is COc1cnc(O[C@@H]2C[C@H]3C(=O)N[C@]4(C(=O)NS(=O)(=O)C5CC5)C[C@H]4/C=C\[C@@H](C)CCC[C@@H](C)[C@H](NC(=O)OC(C)(C)C)C(=O)N3C2)c2ccccc12. The Bertz CT molecular complexity index is 1890. The molecule has 7 atom stereocenters. The van der Waals surface area contributed by atoms with Gasteiger partial charge < -0.3 is 29.7 Å². The molecule has 4 aliphatic rings. The minimum absolute atomic E-state index is 0.0200. The monoisotopic (exact) mass is 753 g/mol. The fourth-order valence-electron chi connectivity index (χ4n) is 7.31. The lowest BCUT2D eigenvalue weighted by molar-refractivity contribution is -0.142. The molecule has 53 heavy (non-hydrogen) atoms. The number of nitrogens with one attached hydrogen (secondary N) is 3. The van der Waals surface area contributed by atoms with Crippen molar-refractivity contribution >= 4 is 44.6 Å². The van der Waals surface area contributed by atoms with Gasteiger partial charge in [-0.1, -0.05) is 50.6 Å². The normalized spacial score (nSPS) is 30.1. The van der Waals surface area contributed by atoms with Gasteiger partial charge in [0, 0.05) is 23.1 Å². The molecule has 2 aliphatic carbocycles. The third kappa shape index (κ3) is 8.55. The van der Waals surface area contributed by atoms with Crippen molar-refractivity contribution in [2.75, 3.05) is 13.7 Å². The summed E-state index contributed by atoms with van der Waals surface area (Å²) in [5.41, 5.74) is -2.33. The van der Waals surface area contributed by atoms with Gasteiger partial charge in [-0.2, -0.15) is 0 Å². The van der Waals surface area contributed by atoms with Crippen LogP contribution in [0.4, 0.5) is 4.79 Å². The van der Waals surface area contributed by atoms with Crippen LogP contribution in [0.1, 0.15) is 79.6 Å². The molecule has 14 nitrogen and oxygen atoms in total. The standard InChI is InChI=1S/C38H51N5O9S/c1-22-10-9-11-23(2)31(40-36(47)52-37(3,4)5)34(45)43-21-25(51-33-28-13-8-7-12-27(28)30(50-6)20-39-33)18-29(43)32(44)41-38(19-24(38)15-14-22)35(46)42-53(48,49)26-16-17-26/h7-8,12-15,20,22-26,29,31H,9-11,16-19,21H2,1-6H3,(H,40,47)(H,41,44)(H,42,46)/b15-14-/t22-,23+,24+,25+,29-,31-,38+/m0/s1. The molecule has 288 valence electrons. The van der Waals surface area contributed by atoms with E-state index in [1.165, 1.54) is 4.90 Å². The van der Waals surface area contributed by atoms with Crippen LogP contribution in [0.2, 0.25) is 0 Å². The molecule has 2 saturated carbocycles. The molecule has 0 spiro atoms. The van der Waals surface area contributed by atoms with Gasteiger partial charge in [-0.25, -0.2) is 18.2 Å². The molecule has 0 radical (unpaired) electrons. The zero-order valence-electron chi connectivity index (χ0n) is 31.2. The quantitative estimate of drug-likeness (QED) is 0.350. The third-order valence-corrected chi connectivity index (χ3v) is 12.4. The van der Waals surface area contributed by atoms with E-state index in [0.29, 0.717) is 36.3 Å². The van der Waals surface area contributed by atoms with Crippen LogP contribution in [0.5, 0.6) is 11.6 Å². The molecule has 0 bridgehead atoms. The maximum Gasteiger partial charge on any atom is 0.408 e. The number of carbonyl (C=O) groups is 4. The Morgan fingerprint density at radius 1 is 1.04 bits per heavy atom. The van der Waals surface area contributed by atoms with Crippen molar-refractivity contribution in [3.63, 3.8) is 0 Å². The summed E-state index contributed by atoms with van der Waals surface area (Å²) in [5.74, 6) is -1.73. The highest BCUT2D eigenvalue weighted by Gasteiger charge is 2.62. The number of methoxy groups -OCH3 is 1. The number of allylic oxidation sites excluding steroid dienone is 1. The summed E-state index contributed by atoms with van der Waals surface area (Å²) in [6, 6.07) is 5.27. The van der Waals surface area contributed by atoms with Gasteiger partial charge in [-0.3, -0.25) is 19.1 Å². The van der Waals surface area contributed by atoms with Crippen LogP contribution in [-0.2, 0) is 29.1 Å². The summed E-state index contributed by atoms with van der Waals surface area (Å²) in [6.45, 7) is 9.10. The lowest BCUT2D eigenvalue weighted by atomic mass is 9.92. The number of sulfonamides is 1. The Morgan fingerprint density at radius 2 is 1.75 bits per heavy atom. The number of ether oxygens (including phenoxy) is 3. The zero-order valence-corrected chi connectivity index (χ0v) is 32.0. The number of alkyl carbamates (subject to hydrolysis) is 1. The van der Waals surface area contributed by atoms with Crippen LogP contribution in [0.3, 0.4) is 0 Å². The topological polar surface area (TPSA) is 182 Å². The van der Waals surface area contributed by atoms with Gasteiger partial charge in [-0.05, 0) is 70.8 Å². The molecular formula is C38H51N5O9S. The van der Waals surface area contributed by atoms with Gasteiger partial charge in [0.25, 0.3) is 5.91 Å². The fourth-order valence-corrected chi connectivity index (χ4v) is 8.67. The van der Waals surface area contributed by atoms with E-state index in [1.54, 1.807) is 34.1 Å². The van der Waals surface area contributed by atoms with E-state index < -0.39 is 74.3 Å². The molecule has 2 aliphatic heterocycles. The lowest BCUT2D eigenvalue weighted by Crippen LogP contribution is -2.59. The van der Waals surface area contributed by atoms with Gasteiger partial charge in [0.05, 0.1) is 25.1 Å². The summed E-state index contributed by atoms with van der Waals surface area (Å²) in [6.07, 6.45) is 7.27. The van der Waals surface area contributed by atoms with Gasteiger partial charge in [0.15, 0.2) is 0 Å². The van der Waals surface area contributed by atoms with Crippen molar-refractivity contribution < 1.29 is 41.8 Å². The fraction of sp³-hybridized carbons (Fsp3) is 0.605. The Kier molecular flexibility index (Phi) is 10.7. The summed E-state index contributed by atoms with van der Waals surface area (Å²) in [4.78, 5) is 61.9. The maximum absolute atomic E-state index is 14.7. The van der Waals surface area contributed by atoms with Crippen LogP contribution >= 0.6 is 0 Å². The lowest BCUT2D eigenvalue weighted by Gasteiger charge is -2.32. The number of carbonyl (C=O) groups excluding carboxylic acids is 4. The molecule has 0 unspecified atom stereocenters. The number of pyridine rings is 1. The highest BCUT2D eigenvalue weighted by molar-refractivity contribution is 7.91. The molecule has 3 heterocycles. The summed E-state index contributed by atoms with van der Waals surface area (Å²) in [7, 11) is -2.35. The first-order chi connectivity index (χ1) is 25.0. The van der Waals surface area contributed by atoms with Crippen LogP contribution in [0.25, 0.3) is 10.8 Å². The first kappa shape index (κ1) is 38.3. The number of hydrogen-bond donors (Lipinski definition) is 3. The zero-order chi connectivity index (χ0) is 38.3. The smallest absolute Gasteiger partial charge is 0.408 e. The van der Waals surface area contributed by atoms with E-state index in [4.69, 9.17) is 14.2 Å². The van der Waals surface area contributed by atoms with Gasteiger partial charge in [0.2, 0.25) is 27.7 Å². The van der Waals surface area contributed by atoms with Crippen molar-refractivity contribution in [1.82, 2.24) is 25.2 Å². The molecule has 6 rings (SSSR count). The number of aromatic nitrogens is 1. The van der Waals surface area contributed by atoms with Crippen molar-refractivity contribution in [3.05, 3.63) is 42.6 Å². The highest BCUT2D eigenvalue weighted by atomic mass is 32.2.